The molecule has 1 heterocycles. The lowest BCUT2D eigenvalue weighted by Crippen LogP contribution is -3.09. The van der Waals surface area contributed by atoms with Gasteiger partial charge in [-0.1, -0.05) is 54.1 Å². The lowest BCUT2D eigenvalue weighted by atomic mass is 9.92. The third kappa shape index (κ3) is 4.16. The van der Waals surface area contributed by atoms with Gasteiger partial charge in [-0.2, -0.15) is 5.01 Å². The second kappa shape index (κ2) is 8.00. The van der Waals surface area contributed by atoms with Crippen molar-refractivity contribution < 1.29 is 19.3 Å². The average molecular weight is 402 g/mol. The summed E-state index contributed by atoms with van der Waals surface area (Å²) < 4.78 is 0. The van der Waals surface area contributed by atoms with Crippen LogP contribution in [-0.4, -0.2) is 36.4 Å². The van der Waals surface area contributed by atoms with Crippen LogP contribution in [0.4, 0.5) is 4.79 Å². The van der Waals surface area contributed by atoms with Gasteiger partial charge >= 0.3 is 6.03 Å². The van der Waals surface area contributed by atoms with E-state index in [1.807, 2.05) is 25.2 Å². The number of likely N-dealkylation sites (N-methyl/N-ethyl adjacent to an activating group) is 1. The van der Waals surface area contributed by atoms with E-state index in [0.717, 1.165) is 15.5 Å². The molecule has 7 nitrogen and oxygen atoms in total. The van der Waals surface area contributed by atoms with E-state index in [-0.39, 0.29) is 6.54 Å². The van der Waals surface area contributed by atoms with Crippen molar-refractivity contribution >= 4 is 29.4 Å². The molecule has 1 fully saturated rings. The zero-order valence-electron chi connectivity index (χ0n) is 15.7. The molecule has 0 spiro atoms. The molecule has 3 rings (SSSR count). The Kier molecular flexibility index (Phi) is 5.67. The number of carbonyl (C=O) groups excluding carboxylic acids is 3. The zero-order valence-corrected chi connectivity index (χ0v) is 16.4. The first-order chi connectivity index (χ1) is 13.3. The van der Waals surface area contributed by atoms with Crippen LogP contribution in [0.5, 0.6) is 0 Å². The number of benzene rings is 2. The van der Waals surface area contributed by atoms with E-state index < -0.39 is 23.4 Å². The minimum absolute atomic E-state index is 0.0989. The first kappa shape index (κ1) is 19.9. The predicted octanol–water partition coefficient (Wildman–Crippen LogP) is 0.853. The fourth-order valence-corrected chi connectivity index (χ4v) is 3.29. The number of urea groups is 1. The fourth-order valence-electron chi connectivity index (χ4n) is 3.16. The quantitative estimate of drug-likeness (QED) is 0.628. The summed E-state index contributed by atoms with van der Waals surface area (Å²) in [6, 6.07) is 15.6. The molecule has 0 aromatic heterocycles. The van der Waals surface area contributed by atoms with Crippen LogP contribution in [0.1, 0.15) is 18.1 Å². The van der Waals surface area contributed by atoms with Gasteiger partial charge in [0.15, 0.2) is 6.54 Å². The summed E-state index contributed by atoms with van der Waals surface area (Å²) in [5.74, 6) is -0.945. The molecule has 1 saturated heterocycles. The number of imide groups is 1. The van der Waals surface area contributed by atoms with Gasteiger partial charge < -0.3 is 10.2 Å². The smallest absolute Gasteiger partial charge is 0.326 e. The van der Waals surface area contributed by atoms with Gasteiger partial charge in [0.25, 0.3) is 11.8 Å². The Morgan fingerprint density at radius 1 is 1.14 bits per heavy atom. The van der Waals surface area contributed by atoms with Crippen molar-refractivity contribution in [1.29, 1.82) is 0 Å². The van der Waals surface area contributed by atoms with E-state index in [2.05, 4.69) is 10.7 Å². The van der Waals surface area contributed by atoms with Crippen molar-refractivity contribution in [2.45, 2.75) is 19.0 Å². The summed E-state index contributed by atoms with van der Waals surface area (Å²) in [5, 5.41) is 4.06. The topological polar surface area (TPSA) is 82.9 Å². The molecular formula is C20H22ClN4O3+. The van der Waals surface area contributed by atoms with Crippen LogP contribution < -0.4 is 15.6 Å². The summed E-state index contributed by atoms with van der Waals surface area (Å²) >= 11 is 5.88. The van der Waals surface area contributed by atoms with Gasteiger partial charge in [0.2, 0.25) is 0 Å². The number of hydrogen-bond donors (Lipinski definition) is 3. The number of halogens is 1. The maximum Gasteiger partial charge on any atom is 0.344 e. The number of quaternary nitrogens is 1. The predicted molar refractivity (Wildman–Crippen MR) is 104 cm³/mol. The van der Waals surface area contributed by atoms with Crippen LogP contribution in [0.2, 0.25) is 5.02 Å². The molecule has 28 heavy (non-hydrogen) atoms. The number of amides is 4. The molecule has 2 aromatic carbocycles. The zero-order chi connectivity index (χ0) is 20.3. The van der Waals surface area contributed by atoms with Crippen LogP contribution in [0.3, 0.4) is 0 Å². The molecule has 0 bridgehead atoms. The summed E-state index contributed by atoms with van der Waals surface area (Å²) in [5.41, 5.74) is 2.88. The standard InChI is InChI=1S/C20H21ClN4O3/c1-20(15-6-4-3-5-7-15)18(27)25(19(28)22-20)23-17(26)13-24(2)12-14-8-10-16(21)11-9-14/h3-11H,12-13H2,1-2H3,(H,22,28)(H,23,26)/p+1/t20-/m1/s1. The number of hydrazine groups is 1. The molecule has 1 aliphatic rings. The van der Waals surface area contributed by atoms with Crippen LogP contribution in [0, 0.1) is 0 Å². The Balaban J connectivity index is 1.61. The van der Waals surface area contributed by atoms with Gasteiger partial charge in [0.05, 0.1) is 7.05 Å². The number of rotatable bonds is 6. The molecule has 0 saturated carbocycles. The van der Waals surface area contributed by atoms with E-state index >= 15 is 0 Å². The Morgan fingerprint density at radius 3 is 2.43 bits per heavy atom. The normalized spacial score (nSPS) is 20.0. The van der Waals surface area contributed by atoms with Gasteiger partial charge in [0, 0.05) is 10.6 Å². The lowest BCUT2D eigenvalue weighted by Gasteiger charge is -2.22. The summed E-state index contributed by atoms with van der Waals surface area (Å²) in [6.45, 7) is 2.32. The average Bonchev–Trinajstić information content (AvgIpc) is 2.88. The molecule has 146 valence electrons. The van der Waals surface area contributed by atoms with Crippen LogP contribution in [-0.2, 0) is 21.7 Å². The van der Waals surface area contributed by atoms with E-state index in [1.54, 1.807) is 43.3 Å². The minimum Gasteiger partial charge on any atom is -0.326 e. The highest BCUT2D eigenvalue weighted by Crippen LogP contribution is 2.27. The molecule has 1 aliphatic heterocycles. The Hall–Kier alpha value is -2.90. The Bertz CT molecular complexity index is 888. The van der Waals surface area contributed by atoms with Crippen molar-refractivity contribution in [1.82, 2.24) is 15.8 Å². The molecular weight excluding hydrogens is 380 g/mol. The maximum atomic E-state index is 12.8. The third-order valence-electron chi connectivity index (χ3n) is 4.66. The molecule has 0 aliphatic carbocycles. The first-order valence-electron chi connectivity index (χ1n) is 8.87. The van der Waals surface area contributed by atoms with Gasteiger partial charge in [-0.25, -0.2) is 4.79 Å². The highest BCUT2D eigenvalue weighted by atomic mass is 35.5. The summed E-state index contributed by atoms with van der Waals surface area (Å²) in [6.07, 6.45) is 0. The monoisotopic (exact) mass is 401 g/mol. The van der Waals surface area contributed by atoms with E-state index in [0.29, 0.717) is 17.1 Å². The molecule has 0 radical (unpaired) electrons. The second-order valence-electron chi connectivity index (χ2n) is 7.03. The van der Waals surface area contributed by atoms with Gasteiger partial charge in [-0.3, -0.25) is 15.0 Å². The second-order valence-corrected chi connectivity index (χ2v) is 7.47. The van der Waals surface area contributed by atoms with Crippen molar-refractivity contribution in [3.63, 3.8) is 0 Å². The highest BCUT2D eigenvalue weighted by molar-refractivity contribution is 6.30. The summed E-state index contributed by atoms with van der Waals surface area (Å²) in [4.78, 5) is 38.3. The van der Waals surface area contributed by atoms with E-state index in [9.17, 15) is 14.4 Å². The largest absolute Gasteiger partial charge is 0.344 e. The molecule has 1 unspecified atom stereocenters. The SMILES string of the molecule is C[NH+](CC(=O)NN1C(=O)N[C@](C)(c2ccccc2)C1=O)Cc1ccc(Cl)cc1. The van der Waals surface area contributed by atoms with E-state index in [4.69, 9.17) is 11.6 Å². The van der Waals surface area contributed by atoms with Gasteiger partial charge in [-0.05, 0) is 24.6 Å². The van der Waals surface area contributed by atoms with Crippen LogP contribution in [0.15, 0.2) is 54.6 Å². The number of carbonyl (C=O) groups is 3. The van der Waals surface area contributed by atoms with Crippen molar-refractivity contribution in [3.8, 4) is 0 Å². The molecule has 3 N–H and O–H groups in total. The minimum atomic E-state index is -1.21. The highest BCUT2D eigenvalue weighted by Gasteiger charge is 2.50. The first-order valence-corrected chi connectivity index (χ1v) is 9.25. The fraction of sp³-hybridized carbons (Fsp3) is 0.250. The van der Waals surface area contributed by atoms with Crippen LogP contribution >= 0.6 is 11.6 Å². The molecule has 8 heteroatoms. The molecule has 2 atom stereocenters. The Morgan fingerprint density at radius 2 is 1.79 bits per heavy atom. The number of nitrogens with zero attached hydrogens (tertiary/aromatic N) is 1. The van der Waals surface area contributed by atoms with Crippen molar-refractivity contribution in [2.24, 2.45) is 0 Å². The van der Waals surface area contributed by atoms with Crippen LogP contribution in [0.25, 0.3) is 0 Å². The Labute approximate surface area is 168 Å². The van der Waals surface area contributed by atoms with E-state index in [1.165, 1.54) is 0 Å². The molecule has 2 aromatic rings. The number of hydrogen-bond acceptors (Lipinski definition) is 3. The molecule has 4 amide bonds. The van der Waals surface area contributed by atoms with Crippen molar-refractivity contribution in [2.75, 3.05) is 13.6 Å². The van der Waals surface area contributed by atoms with Crippen molar-refractivity contribution in [3.05, 3.63) is 70.7 Å². The number of nitrogens with one attached hydrogen (secondary N) is 3. The van der Waals surface area contributed by atoms with Gasteiger partial charge in [-0.15, -0.1) is 0 Å². The lowest BCUT2D eigenvalue weighted by molar-refractivity contribution is -0.885. The third-order valence-corrected chi connectivity index (χ3v) is 4.91. The van der Waals surface area contributed by atoms with Gasteiger partial charge in [0.1, 0.15) is 12.1 Å². The maximum absolute atomic E-state index is 12.8. The summed E-state index contributed by atoms with van der Waals surface area (Å²) in [7, 11) is 1.86.